The quantitative estimate of drug-likeness (QED) is 0.261. The summed E-state index contributed by atoms with van der Waals surface area (Å²) in [4.78, 5) is 0. The van der Waals surface area contributed by atoms with Gasteiger partial charge < -0.3 is 0 Å². The first-order valence-electron chi connectivity index (χ1n) is 10.4. The zero-order valence-electron chi connectivity index (χ0n) is 18.7. The number of hydrogen-bond donors (Lipinski definition) is 0. The Morgan fingerprint density at radius 2 is 1.32 bits per heavy atom. The van der Waals surface area contributed by atoms with E-state index in [0.717, 1.165) is 0 Å². The molecule has 0 heterocycles. The summed E-state index contributed by atoms with van der Waals surface area (Å²) >= 11 is -5.94. The van der Waals surface area contributed by atoms with Gasteiger partial charge in [-0.1, -0.05) is 0 Å². The van der Waals surface area contributed by atoms with Crippen LogP contribution in [-0.4, -0.2) is 32.8 Å². The molecule has 8 heteroatoms. The van der Waals surface area contributed by atoms with Gasteiger partial charge in [-0.15, -0.1) is 0 Å². The van der Waals surface area contributed by atoms with Crippen molar-refractivity contribution in [2.75, 3.05) is 0 Å². The molecule has 0 aliphatic heterocycles. The van der Waals surface area contributed by atoms with Gasteiger partial charge in [-0.25, -0.2) is 0 Å². The van der Waals surface area contributed by atoms with Gasteiger partial charge in [0.1, 0.15) is 0 Å². The number of hydrogen-bond acceptors (Lipinski definition) is 3. The SMILES string of the molecule is CCC(C)[O][Zr]([O]C(C)CC)([O]C(C)CC)([C]1=CC=CC1)[Ge]([CH3])([CH3])[C](F)(F)F. The van der Waals surface area contributed by atoms with Gasteiger partial charge >= 0.3 is 172 Å². The summed E-state index contributed by atoms with van der Waals surface area (Å²) in [7, 11) is -4.88. The predicted molar refractivity (Wildman–Crippen MR) is 108 cm³/mol. The Morgan fingerprint density at radius 1 is 0.929 bits per heavy atom. The van der Waals surface area contributed by atoms with Crippen LogP contribution in [0.3, 0.4) is 0 Å². The predicted octanol–water partition coefficient (Wildman–Crippen LogP) is 7.02. The van der Waals surface area contributed by atoms with Crippen molar-refractivity contribution in [3.8, 4) is 0 Å². The zero-order chi connectivity index (χ0) is 21.8. The Kier molecular flexibility index (Phi) is 9.32. The van der Waals surface area contributed by atoms with E-state index in [1.165, 1.54) is 11.5 Å². The molecule has 0 saturated carbocycles. The molecule has 0 fully saturated rings. The van der Waals surface area contributed by atoms with Gasteiger partial charge in [-0.3, -0.25) is 0 Å². The van der Waals surface area contributed by atoms with Gasteiger partial charge in [-0.05, 0) is 0 Å². The summed E-state index contributed by atoms with van der Waals surface area (Å²) in [5.41, 5.74) is 0. The first-order valence-corrected chi connectivity index (χ1v) is 27.4. The molecule has 3 unspecified atom stereocenters. The average Bonchev–Trinajstić information content (AvgIpc) is 3.15. The minimum absolute atomic E-state index is 0.368. The molecule has 0 aromatic heterocycles. The van der Waals surface area contributed by atoms with E-state index in [2.05, 4.69) is 0 Å². The summed E-state index contributed by atoms with van der Waals surface area (Å²) in [6.07, 6.45) is 6.62. The zero-order valence-corrected chi connectivity index (χ0v) is 23.2. The molecule has 0 N–H and O–H groups in total. The van der Waals surface area contributed by atoms with Crippen molar-refractivity contribution in [3.05, 3.63) is 21.5 Å². The molecule has 1 aliphatic rings. The fourth-order valence-electron chi connectivity index (χ4n) is 3.51. The second kappa shape index (κ2) is 9.80. The van der Waals surface area contributed by atoms with E-state index in [9.17, 15) is 13.2 Å². The maximum absolute atomic E-state index is 14.7. The molecule has 0 aromatic carbocycles. The van der Waals surface area contributed by atoms with Crippen LogP contribution in [0.15, 0.2) is 21.5 Å². The van der Waals surface area contributed by atoms with Crippen LogP contribution in [0.4, 0.5) is 13.2 Å². The van der Waals surface area contributed by atoms with Crippen LogP contribution in [0, 0.1) is 0 Å². The monoisotopic (exact) mass is 547 g/mol. The topological polar surface area (TPSA) is 27.7 Å². The summed E-state index contributed by atoms with van der Waals surface area (Å²) in [5, 5.41) is -4.36. The molecule has 3 nitrogen and oxygen atoms in total. The van der Waals surface area contributed by atoms with Crippen LogP contribution in [-0.2, 0) is 26.0 Å². The first-order chi connectivity index (χ1) is 12.8. The summed E-state index contributed by atoms with van der Waals surface area (Å²) < 4.78 is 64.7. The van der Waals surface area contributed by atoms with Crippen LogP contribution in [0.5, 0.6) is 0 Å². The number of alkyl halides is 3. The van der Waals surface area contributed by atoms with E-state index in [0.29, 0.717) is 29.0 Å². The van der Waals surface area contributed by atoms with Gasteiger partial charge in [0.2, 0.25) is 0 Å². The standard InChI is InChI=1S/C5H5.3C4H9O.C3H6F3Ge.Zr/c1-2-4-5-3-1;3*1-3-4(2)5;1-7(2)3(4,5)6;/h1-3H,4H2;3*4H,3H2,1-2H3;1-2H3;/q;3*-1;;+3. The Hall–Kier alpha value is 0.576. The molecule has 1 aliphatic carbocycles. The Labute approximate surface area is 171 Å². The van der Waals surface area contributed by atoms with Crippen molar-refractivity contribution in [2.24, 2.45) is 0 Å². The third-order valence-electron chi connectivity index (χ3n) is 6.08. The molecule has 0 aromatic rings. The molecule has 0 radical (unpaired) electrons. The minimum atomic E-state index is -5.94. The molecular formula is C20H38F3GeO3Zr. The van der Waals surface area contributed by atoms with Crippen LogP contribution in [0.1, 0.15) is 67.2 Å². The van der Waals surface area contributed by atoms with E-state index in [1.54, 1.807) is 6.08 Å². The third kappa shape index (κ3) is 4.74. The van der Waals surface area contributed by atoms with Gasteiger partial charge in [0.25, 0.3) is 0 Å². The normalized spacial score (nSPS) is 20.4. The number of allylic oxidation sites excluding steroid dienone is 4. The molecule has 0 amide bonds. The van der Waals surface area contributed by atoms with E-state index >= 15 is 0 Å². The van der Waals surface area contributed by atoms with Gasteiger partial charge in [-0.2, -0.15) is 0 Å². The molecule has 0 saturated heterocycles. The van der Waals surface area contributed by atoms with Gasteiger partial charge in [0.15, 0.2) is 0 Å². The second-order valence-corrected chi connectivity index (χ2v) is 51.3. The molecule has 0 bridgehead atoms. The van der Waals surface area contributed by atoms with E-state index in [-0.39, 0.29) is 18.3 Å². The van der Waals surface area contributed by atoms with Crippen molar-refractivity contribution in [3.63, 3.8) is 0 Å². The molecule has 0 spiro atoms. The van der Waals surface area contributed by atoms with Crippen LogP contribution in [0.25, 0.3) is 0 Å². The van der Waals surface area contributed by atoms with Gasteiger partial charge in [0, 0.05) is 0 Å². The molecule has 3 atom stereocenters. The summed E-state index contributed by atoms with van der Waals surface area (Å²) in [5.74, 6) is 2.80. The van der Waals surface area contributed by atoms with Crippen molar-refractivity contribution < 1.29 is 39.2 Å². The molecule has 28 heavy (non-hydrogen) atoms. The third-order valence-corrected chi connectivity index (χ3v) is 62.9. The fraction of sp³-hybridized carbons (Fsp3) is 0.800. The van der Waals surface area contributed by atoms with Crippen molar-refractivity contribution in [1.29, 1.82) is 0 Å². The van der Waals surface area contributed by atoms with E-state index in [4.69, 9.17) is 8.44 Å². The number of halogens is 3. The Bertz CT molecular complexity index is 556. The van der Waals surface area contributed by atoms with E-state index in [1.807, 2.05) is 53.7 Å². The van der Waals surface area contributed by atoms with Crippen molar-refractivity contribution >= 4 is 9.48 Å². The Morgan fingerprint density at radius 3 is 1.57 bits per heavy atom. The van der Waals surface area contributed by atoms with E-state index < -0.39 is 32.1 Å². The average molecular weight is 547 g/mol. The second-order valence-electron chi connectivity index (χ2n) is 8.44. The Balaban J connectivity index is 3.96. The fourth-order valence-corrected chi connectivity index (χ4v) is 55.9. The number of rotatable bonds is 11. The van der Waals surface area contributed by atoms with Crippen molar-refractivity contribution in [2.45, 2.75) is 102 Å². The van der Waals surface area contributed by atoms with Crippen LogP contribution in [0.2, 0.25) is 11.5 Å². The summed E-state index contributed by atoms with van der Waals surface area (Å²) in [6.45, 7) is 11.3. The molecule has 1 rings (SSSR count). The summed E-state index contributed by atoms with van der Waals surface area (Å²) in [6, 6.07) is 0. The van der Waals surface area contributed by atoms with Crippen molar-refractivity contribution in [1.82, 2.24) is 0 Å². The van der Waals surface area contributed by atoms with Crippen LogP contribution < -0.4 is 0 Å². The van der Waals surface area contributed by atoms with Crippen LogP contribution >= 0.6 is 0 Å². The molecule has 165 valence electrons. The van der Waals surface area contributed by atoms with Gasteiger partial charge in [0.05, 0.1) is 0 Å². The maximum atomic E-state index is 14.7. The first kappa shape index (κ1) is 26.6. The molecular weight excluding hydrogens is 509 g/mol.